The fourth-order valence-corrected chi connectivity index (χ4v) is 2.42. The Hall–Kier alpha value is -1.25. The highest BCUT2D eigenvalue weighted by Crippen LogP contribution is 2.28. The Morgan fingerprint density at radius 1 is 1.35 bits per heavy atom. The van der Waals surface area contributed by atoms with Gasteiger partial charge in [0.25, 0.3) is 0 Å². The fourth-order valence-electron chi connectivity index (χ4n) is 2.42. The molecule has 94 valence electrons. The quantitative estimate of drug-likeness (QED) is 0.866. The zero-order chi connectivity index (χ0) is 12.1. The van der Waals surface area contributed by atoms with E-state index in [-0.39, 0.29) is 0 Å². The van der Waals surface area contributed by atoms with Crippen LogP contribution in [-0.2, 0) is 0 Å². The summed E-state index contributed by atoms with van der Waals surface area (Å²) in [5, 5.41) is 3.25. The summed E-state index contributed by atoms with van der Waals surface area (Å²) in [4.78, 5) is 4.21. The molecule has 0 amide bonds. The highest BCUT2D eigenvalue weighted by atomic mass is 16.5. The standard InChI is InChI=1S/C14H22N2O/c1-3-16-12-8-13(10-15-9-12)17-14-7-5-4-6-11(14)2/h8-11,14,16H,3-7H2,1-2H3. The van der Waals surface area contributed by atoms with Gasteiger partial charge in [0, 0.05) is 12.6 Å². The highest BCUT2D eigenvalue weighted by molar-refractivity contribution is 5.44. The molecule has 0 bridgehead atoms. The molecule has 3 heteroatoms. The third kappa shape index (κ3) is 3.35. The minimum Gasteiger partial charge on any atom is -0.488 e. The van der Waals surface area contributed by atoms with Crippen molar-refractivity contribution in [1.29, 1.82) is 0 Å². The zero-order valence-electron chi connectivity index (χ0n) is 10.8. The molecule has 1 fully saturated rings. The predicted octanol–water partition coefficient (Wildman–Crippen LogP) is 3.47. The summed E-state index contributed by atoms with van der Waals surface area (Å²) >= 11 is 0. The van der Waals surface area contributed by atoms with Gasteiger partial charge in [-0.25, -0.2) is 0 Å². The molecule has 1 N–H and O–H groups in total. The first-order valence-electron chi connectivity index (χ1n) is 6.65. The smallest absolute Gasteiger partial charge is 0.140 e. The van der Waals surface area contributed by atoms with E-state index in [2.05, 4.69) is 24.1 Å². The maximum atomic E-state index is 6.05. The number of hydrogen-bond acceptors (Lipinski definition) is 3. The Morgan fingerprint density at radius 2 is 2.18 bits per heavy atom. The van der Waals surface area contributed by atoms with Crippen LogP contribution < -0.4 is 10.1 Å². The summed E-state index contributed by atoms with van der Waals surface area (Å²) in [5.41, 5.74) is 1.04. The van der Waals surface area contributed by atoms with Crippen molar-refractivity contribution in [2.24, 2.45) is 5.92 Å². The van der Waals surface area contributed by atoms with Crippen LogP contribution in [0.1, 0.15) is 39.5 Å². The lowest BCUT2D eigenvalue weighted by Gasteiger charge is -2.29. The summed E-state index contributed by atoms with van der Waals surface area (Å²) in [6.07, 6.45) is 9.09. The molecule has 2 rings (SSSR count). The monoisotopic (exact) mass is 234 g/mol. The lowest BCUT2D eigenvalue weighted by Crippen LogP contribution is -2.28. The van der Waals surface area contributed by atoms with Crippen molar-refractivity contribution in [2.75, 3.05) is 11.9 Å². The van der Waals surface area contributed by atoms with E-state index in [0.29, 0.717) is 12.0 Å². The number of anilines is 1. The second-order valence-electron chi connectivity index (χ2n) is 4.86. The number of aromatic nitrogens is 1. The molecule has 0 spiro atoms. The average Bonchev–Trinajstić information content (AvgIpc) is 2.33. The van der Waals surface area contributed by atoms with E-state index in [9.17, 15) is 0 Å². The van der Waals surface area contributed by atoms with Gasteiger partial charge < -0.3 is 10.1 Å². The van der Waals surface area contributed by atoms with Crippen LogP contribution in [-0.4, -0.2) is 17.6 Å². The largest absolute Gasteiger partial charge is 0.488 e. The summed E-state index contributed by atoms with van der Waals surface area (Å²) in [5.74, 6) is 1.55. The van der Waals surface area contributed by atoms with E-state index in [4.69, 9.17) is 4.74 Å². The van der Waals surface area contributed by atoms with Crippen molar-refractivity contribution in [3.05, 3.63) is 18.5 Å². The molecule has 2 unspecified atom stereocenters. The first-order chi connectivity index (χ1) is 8.29. The Labute approximate surface area is 104 Å². The van der Waals surface area contributed by atoms with E-state index in [1.807, 2.05) is 18.5 Å². The summed E-state index contributed by atoms with van der Waals surface area (Å²) in [6, 6.07) is 2.04. The summed E-state index contributed by atoms with van der Waals surface area (Å²) in [7, 11) is 0. The van der Waals surface area contributed by atoms with Crippen LogP contribution in [0.15, 0.2) is 18.5 Å². The third-order valence-corrected chi connectivity index (χ3v) is 3.41. The van der Waals surface area contributed by atoms with Gasteiger partial charge in [-0.2, -0.15) is 0 Å². The van der Waals surface area contributed by atoms with E-state index < -0.39 is 0 Å². The van der Waals surface area contributed by atoms with Crippen molar-refractivity contribution in [3.63, 3.8) is 0 Å². The highest BCUT2D eigenvalue weighted by Gasteiger charge is 2.22. The summed E-state index contributed by atoms with van der Waals surface area (Å²) < 4.78 is 6.05. The minimum absolute atomic E-state index is 0.363. The fraction of sp³-hybridized carbons (Fsp3) is 0.643. The Bertz CT molecular complexity index is 354. The van der Waals surface area contributed by atoms with Crippen LogP contribution >= 0.6 is 0 Å². The first kappa shape index (κ1) is 12.2. The van der Waals surface area contributed by atoms with Crippen molar-refractivity contribution in [1.82, 2.24) is 4.98 Å². The van der Waals surface area contributed by atoms with Gasteiger partial charge in [-0.1, -0.05) is 13.3 Å². The second kappa shape index (κ2) is 5.89. The van der Waals surface area contributed by atoms with Crippen molar-refractivity contribution >= 4 is 5.69 Å². The van der Waals surface area contributed by atoms with Gasteiger partial charge in [-0.05, 0) is 32.1 Å². The number of nitrogens with one attached hydrogen (secondary N) is 1. The van der Waals surface area contributed by atoms with E-state index >= 15 is 0 Å². The molecule has 2 atom stereocenters. The number of pyridine rings is 1. The predicted molar refractivity (Wildman–Crippen MR) is 70.4 cm³/mol. The molecule has 1 aliphatic rings. The molecule has 0 aliphatic heterocycles. The van der Waals surface area contributed by atoms with Crippen LogP contribution in [0.5, 0.6) is 5.75 Å². The Balaban J connectivity index is 1.99. The van der Waals surface area contributed by atoms with Crippen molar-refractivity contribution < 1.29 is 4.74 Å². The molecule has 1 saturated carbocycles. The molecule has 0 saturated heterocycles. The van der Waals surface area contributed by atoms with Crippen molar-refractivity contribution in [2.45, 2.75) is 45.6 Å². The van der Waals surface area contributed by atoms with Crippen molar-refractivity contribution in [3.8, 4) is 5.75 Å². The molecule has 3 nitrogen and oxygen atoms in total. The van der Waals surface area contributed by atoms with Crippen LogP contribution in [0.2, 0.25) is 0 Å². The summed E-state index contributed by atoms with van der Waals surface area (Å²) in [6.45, 7) is 5.27. The molecule has 0 aromatic carbocycles. The number of nitrogens with zero attached hydrogens (tertiary/aromatic N) is 1. The number of hydrogen-bond donors (Lipinski definition) is 1. The first-order valence-corrected chi connectivity index (χ1v) is 6.65. The SMILES string of the molecule is CCNc1cncc(OC2CCCCC2C)c1. The number of ether oxygens (including phenoxy) is 1. The molecule has 1 aromatic rings. The van der Waals surface area contributed by atoms with Gasteiger partial charge in [-0.3, -0.25) is 4.98 Å². The van der Waals surface area contributed by atoms with Gasteiger partial charge in [0.1, 0.15) is 11.9 Å². The van der Waals surface area contributed by atoms with Crippen LogP contribution in [0.3, 0.4) is 0 Å². The molecule has 0 radical (unpaired) electrons. The zero-order valence-corrected chi connectivity index (χ0v) is 10.8. The van der Waals surface area contributed by atoms with Crippen LogP contribution in [0, 0.1) is 5.92 Å². The maximum absolute atomic E-state index is 6.05. The molecule has 17 heavy (non-hydrogen) atoms. The normalized spacial score (nSPS) is 24.4. The Kier molecular flexibility index (Phi) is 4.24. The minimum atomic E-state index is 0.363. The van der Waals surface area contributed by atoms with Gasteiger partial charge >= 0.3 is 0 Å². The number of rotatable bonds is 4. The topological polar surface area (TPSA) is 34.2 Å². The van der Waals surface area contributed by atoms with Gasteiger partial charge in [0.05, 0.1) is 18.1 Å². The molecule has 1 aromatic heterocycles. The van der Waals surface area contributed by atoms with Gasteiger partial charge in [-0.15, -0.1) is 0 Å². The average molecular weight is 234 g/mol. The lowest BCUT2D eigenvalue weighted by molar-refractivity contribution is 0.102. The molecular weight excluding hydrogens is 212 g/mol. The van der Waals surface area contributed by atoms with Crippen LogP contribution in [0.25, 0.3) is 0 Å². The Morgan fingerprint density at radius 3 is 2.94 bits per heavy atom. The molecule has 1 aliphatic carbocycles. The second-order valence-corrected chi connectivity index (χ2v) is 4.86. The van der Waals surface area contributed by atoms with E-state index in [1.165, 1.54) is 25.7 Å². The molecule has 1 heterocycles. The van der Waals surface area contributed by atoms with Gasteiger partial charge in [0.15, 0.2) is 0 Å². The van der Waals surface area contributed by atoms with E-state index in [1.54, 1.807) is 0 Å². The van der Waals surface area contributed by atoms with E-state index in [0.717, 1.165) is 18.0 Å². The maximum Gasteiger partial charge on any atom is 0.140 e. The van der Waals surface area contributed by atoms with Gasteiger partial charge in [0.2, 0.25) is 0 Å². The lowest BCUT2D eigenvalue weighted by atomic mass is 9.88. The van der Waals surface area contributed by atoms with Crippen LogP contribution in [0.4, 0.5) is 5.69 Å². The third-order valence-electron chi connectivity index (χ3n) is 3.41. The molecular formula is C14H22N2O.